The summed E-state index contributed by atoms with van der Waals surface area (Å²) in [5.74, 6) is 0.387. The highest BCUT2D eigenvalue weighted by atomic mass is 16.3. The van der Waals surface area contributed by atoms with E-state index >= 15 is 0 Å². The normalized spacial score (nSPS) is 15.8. The molecule has 0 saturated carbocycles. The van der Waals surface area contributed by atoms with Crippen LogP contribution in [0, 0.1) is 0 Å². The van der Waals surface area contributed by atoms with E-state index in [9.17, 15) is 14.4 Å². The highest BCUT2D eigenvalue weighted by Crippen LogP contribution is 2.24. The maximum Gasteiger partial charge on any atom is 0.332 e. The predicted molar refractivity (Wildman–Crippen MR) is 105 cm³/mol. The van der Waals surface area contributed by atoms with Gasteiger partial charge in [-0.05, 0) is 38.1 Å². The summed E-state index contributed by atoms with van der Waals surface area (Å²) < 4.78 is 9.32. The van der Waals surface area contributed by atoms with Crippen LogP contribution >= 0.6 is 0 Å². The van der Waals surface area contributed by atoms with E-state index in [0.717, 1.165) is 36.3 Å². The van der Waals surface area contributed by atoms with Crippen LogP contribution in [-0.4, -0.2) is 49.1 Å². The van der Waals surface area contributed by atoms with Gasteiger partial charge in [0.25, 0.3) is 5.56 Å². The van der Waals surface area contributed by atoms with E-state index in [1.54, 1.807) is 17.9 Å². The molecule has 3 aromatic heterocycles. The fraction of sp³-hybridized carbons (Fsp3) is 0.474. The van der Waals surface area contributed by atoms with Gasteiger partial charge in [-0.3, -0.25) is 19.1 Å². The number of nitrogens with zero attached hydrogens (tertiary/aromatic N) is 5. The van der Waals surface area contributed by atoms with Crippen molar-refractivity contribution in [2.75, 3.05) is 19.6 Å². The molecule has 154 valence electrons. The minimum absolute atomic E-state index is 0.0736. The molecule has 1 aliphatic heterocycles. The summed E-state index contributed by atoms with van der Waals surface area (Å²) >= 11 is 0. The third kappa shape index (κ3) is 3.51. The topological polar surface area (TPSA) is 107 Å². The zero-order valence-corrected chi connectivity index (χ0v) is 16.5. The van der Waals surface area contributed by atoms with E-state index in [1.807, 2.05) is 12.1 Å². The third-order valence-corrected chi connectivity index (χ3v) is 5.45. The molecule has 1 aliphatic rings. The lowest BCUT2D eigenvalue weighted by molar-refractivity contribution is -0.122. The number of imidazole rings is 1. The molecule has 10 heteroatoms. The Morgan fingerprint density at radius 2 is 2.03 bits per heavy atom. The van der Waals surface area contributed by atoms with E-state index in [2.05, 4.69) is 15.2 Å². The fourth-order valence-corrected chi connectivity index (χ4v) is 3.89. The number of aryl methyl sites for hydroxylation is 2. The Morgan fingerprint density at radius 3 is 2.72 bits per heavy atom. The quantitative estimate of drug-likeness (QED) is 0.623. The maximum atomic E-state index is 12.7. The SMILES string of the molecule is Cn1cnc2c1c(=O)n(CC(=O)NC[C@H](c1ccco1)N1CCCC1)c(=O)n2C. The maximum absolute atomic E-state index is 12.7. The van der Waals surface area contributed by atoms with E-state index in [0.29, 0.717) is 12.2 Å². The molecule has 1 atom stereocenters. The molecule has 4 rings (SSSR count). The largest absolute Gasteiger partial charge is 0.468 e. The average molecular weight is 400 g/mol. The predicted octanol–water partition coefficient (Wildman–Crippen LogP) is -0.0200. The molecule has 3 aromatic rings. The van der Waals surface area contributed by atoms with Crippen LogP contribution in [0.5, 0.6) is 0 Å². The van der Waals surface area contributed by atoms with Gasteiger partial charge in [0, 0.05) is 20.6 Å². The first-order chi connectivity index (χ1) is 14.0. The second kappa shape index (κ2) is 7.70. The number of fused-ring (bicyclic) bond motifs is 1. The summed E-state index contributed by atoms with van der Waals surface area (Å²) in [6, 6.07) is 3.65. The van der Waals surface area contributed by atoms with Gasteiger partial charge in [0.05, 0.1) is 18.6 Å². The Balaban J connectivity index is 1.53. The molecule has 0 unspecified atom stereocenters. The summed E-state index contributed by atoms with van der Waals surface area (Å²) in [5, 5.41) is 2.86. The van der Waals surface area contributed by atoms with Crippen LogP contribution in [0.1, 0.15) is 24.6 Å². The molecule has 0 aliphatic carbocycles. The fourth-order valence-electron chi connectivity index (χ4n) is 3.89. The molecule has 0 radical (unpaired) electrons. The lowest BCUT2D eigenvalue weighted by atomic mass is 10.2. The van der Waals surface area contributed by atoms with Gasteiger partial charge < -0.3 is 14.3 Å². The van der Waals surface area contributed by atoms with Crippen molar-refractivity contribution >= 4 is 17.1 Å². The minimum atomic E-state index is -0.571. The average Bonchev–Trinajstić information content (AvgIpc) is 3.46. The number of amides is 1. The van der Waals surface area contributed by atoms with E-state index in [-0.39, 0.29) is 18.1 Å². The van der Waals surface area contributed by atoms with Crippen LogP contribution in [0.4, 0.5) is 0 Å². The van der Waals surface area contributed by atoms with Crippen LogP contribution in [0.3, 0.4) is 0 Å². The number of furan rings is 1. The number of hydrogen-bond donors (Lipinski definition) is 1. The van der Waals surface area contributed by atoms with Crippen molar-refractivity contribution in [2.24, 2.45) is 14.1 Å². The Kier molecular flexibility index (Phi) is 5.10. The minimum Gasteiger partial charge on any atom is -0.468 e. The molecule has 1 amide bonds. The van der Waals surface area contributed by atoms with Gasteiger partial charge in [0.1, 0.15) is 12.3 Å². The molecule has 0 aromatic carbocycles. The van der Waals surface area contributed by atoms with Gasteiger partial charge in [0.15, 0.2) is 11.2 Å². The van der Waals surface area contributed by atoms with Crippen LogP contribution < -0.4 is 16.6 Å². The third-order valence-electron chi connectivity index (χ3n) is 5.45. The van der Waals surface area contributed by atoms with Gasteiger partial charge in [-0.25, -0.2) is 14.3 Å². The number of rotatable bonds is 6. The van der Waals surface area contributed by atoms with Crippen molar-refractivity contribution in [2.45, 2.75) is 25.4 Å². The highest BCUT2D eigenvalue weighted by Gasteiger charge is 2.26. The molecule has 4 heterocycles. The van der Waals surface area contributed by atoms with Crippen LogP contribution in [0.2, 0.25) is 0 Å². The van der Waals surface area contributed by atoms with E-state index < -0.39 is 17.2 Å². The second-order valence-electron chi connectivity index (χ2n) is 7.34. The number of likely N-dealkylation sites (tertiary alicyclic amines) is 1. The first-order valence-electron chi connectivity index (χ1n) is 9.62. The van der Waals surface area contributed by atoms with Gasteiger partial charge >= 0.3 is 5.69 Å². The van der Waals surface area contributed by atoms with Crippen molar-refractivity contribution in [1.29, 1.82) is 0 Å². The summed E-state index contributed by atoms with van der Waals surface area (Å²) in [6.45, 7) is 1.88. The Hall–Kier alpha value is -3.14. The molecule has 1 fully saturated rings. The van der Waals surface area contributed by atoms with Gasteiger partial charge in [-0.15, -0.1) is 0 Å². The first kappa shape index (κ1) is 19.2. The number of carbonyl (C=O) groups excluding carboxylic acids is 1. The molecular formula is C19H24N6O4. The first-order valence-corrected chi connectivity index (χ1v) is 9.62. The van der Waals surface area contributed by atoms with Gasteiger partial charge in [0.2, 0.25) is 5.91 Å². The number of carbonyl (C=O) groups is 1. The molecule has 1 N–H and O–H groups in total. The zero-order chi connectivity index (χ0) is 20.5. The molecule has 10 nitrogen and oxygen atoms in total. The van der Waals surface area contributed by atoms with Crippen LogP contribution in [-0.2, 0) is 25.4 Å². The summed E-state index contributed by atoms with van der Waals surface area (Å²) in [4.78, 5) is 44.2. The standard InChI is InChI=1S/C19H24N6O4/c1-22-12-21-17-16(22)18(27)25(19(28)23(17)2)11-15(26)20-10-13(14-6-5-9-29-14)24-7-3-4-8-24/h5-6,9,12-13H,3-4,7-8,10-11H2,1-2H3,(H,20,26)/t13-/m1/s1. The van der Waals surface area contributed by atoms with E-state index in [1.165, 1.54) is 17.9 Å². The molecule has 0 bridgehead atoms. The Bertz CT molecular complexity index is 1130. The molecule has 29 heavy (non-hydrogen) atoms. The smallest absolute Gasteiger partial charge is 0.332 e. The lowest BCUT2D eigenvalue weighted by Gasteiger charge is -2.26. The van der Waals surface area contributed by atoms with Crippen LogP contribution in [0.25, 0.3) is 11.2 Å². The lowest BCUT2D eigenvalue weighted by Crippen LogP contribution is -2.45. The monoisotopic (exact) mass is 400 g/mol. The van der Waals surface area contributed by atoms with E-state index in [4.69, 9.17) is 4.42 Å². The number of nitrogens with one attached hydrogen (secondary N) is 1. The molecule has 1 saturated heterocycles. The summed E-state index contributed by atoms with van der Waals surface area (Å²) in [6.07, 6.45) is 5.31. The van der Waals surface area contributed by atoms with Crippen molar-refractivity contribution in [3.63, 3.8) is 0 Å². The van der Waals surface area contributed by atoms with Crippen LogP contribution in [0.15, 0.2) is 38.7 Å². The number of hydrogen-bond acceptors (Lipinski definition) is 6. The second-order valence-corrected chi connectivity index (χ2v) is 7.34. The molecular weight excluding hydrogens is 376 g/mol. The zero-order valence-electron chi connectivity index (χ0n) is 16.5. The van der Waals surface area contributed by atoms with Gasteiger partial charge in [-0.1, -0.05) is 0 Å². The van der Waals surface area contributed by atoms with Gasteiger partial charge in [-0.2, -0.15) is 0 Å². The summed E-state index contributed by atoms with van der Waals surface area (Å²) in [5.41, 5.74) is -0.518. The molecule has 0 spiro atoms. The Labute approximate surface area is 166 Å². The van der Waals surface area contributed by atoms with Crippen molar-refractivity contribution < 1.29 is 9.21 Å². The Morgan fingerprint density at radius 1 is 1.28 bits per heavy atom. The van der Waals surface area contributed by atoms with Crippen molar-refractivity contribution in [3.8, 4) is 0 Å². The highest BCUT2D eigenvalue weighted by molar-refractivity contribution is 5.76. The van der Waals surface area contributed by atoms with Crippen molar-refractivity contribution in [3.05, 3.63) is 51.3 Å². The number of aromatic nitrogens is 4. The van der Waals surface area contributed by atoms with Crippen molar-refractivity contribution in [1.82, 2.24) is 28.9 Å². The summed E-state index contributed by atoms with van der Waals surface area (Å²) in [7, 11) is 3.21.